The number of benzene rings is 1. The van der Waals surface area contributed by atoms with Crippen molar-refractivity contribution >= 4 is 18.3 Å². The Kier molecular flexibility index (Phi) is 5.03. The molecule has 0 aliphatic carbocycles. The molecule has 0 radical (unpaired) electrons. The molecule has 1 nitrogen and oxygen atoms in total. The van der Waals surface area contributed by atoms with Gasteiger partial charge in [0, 0.05) is 19.3 Å². The summed E-state index contributed by atoms with van der Waals surface area (Å²) in [5.41, 5.74) is 2.70. The van der Waals surface area contributed by atoms with E-state index in [1.807, 2.05) is 0 Å². The van der Waals surface area contributed by atoms with Gasteiger partial charge in [0.05, 0.1) is 0 Å². The molecule has 1 aromatic rings. The van der Waals surface area contributed by atoms with E-state index in [0.717, 1.165) is 18.7 Å². The van der Waals surface area contributed by atoms with Crippen molar-refractivity contribution in [1.29, 1.82) is 0 Å². The molecular weight excluding hydrogens is 202 g/mol. The molecule has 1 rings (SSSR count). The van der Waals surface area contributed by atoms with E-state index in [0.29, 0.717) is 5.92 Å². The lowest BCUT2D eigenvalue weighted by molar-refractivity contribution is 0.851. The van der Waals surface area contributed by atoms with Crippen LogP contribution in [0.1, 0.15) is 31.7 Å². The van der Waals surface area contributed by atoms with Gasteiger partial charge < -0.3 is 4.90 Å². The van der Waals surface area contributed by atoms with Crippen molar-refractivity contribution in [2.24, 2.45) is 0 Å². The first-order valence-electron chi connectivity index (χ1n) is 5.57. The van der Waals surface area contributed by atoms with Gasteiger partial charge in [-0.25, -0.2) is 0 Å². The van der Waals surface area contributed by atoms with Crippen molar-refractivity contribution in [3.8, 4) is 0 Å². The van der Waals surface area contributed by atoms with Crippen LogP contribution in [0.4, 0.5) is 5.69 Å². The number of hydrogen-bond donors (Lipinski definition) is 1. The second kappa shape index (κ2) is 6.06. The Balaban J connectivity index is 2.62. The Morgan fingerprint density at radius 1 is 1.20 bits per heavy atom. The molecule has 0 N–H and O–H groups in total. The van der Waals surface area contributed by atoms with E-state index in [1.54, 1.807) is 0 Å². The quantitative estimate of drug-likeness (QED) is 0.747. The lowest BCUT2D eigenvalue weighted by Gasteiger charge is -2.19. The third kappa shape index (κ3) is 3.78. The van der Waals surface area contributed by atoms with Crippen LogP contribution in [0.2, 0.25) is 0 Å². The Labute approximate surface area is 98.9 Å². The van der Waals surface area contributed by atoms with Gasteiger partial charge in [-0.3, -0.25) is 0 Å². The van der Waals surface area contributed by atoms with Crippen molar-refractivity contribution < 1.29 is 0 Å². The summed E-state index contributed by atoms with van der Waals surface area (Å²) in [6.45, 7) is 5.52. The molecular formula is C13H21NS. The van der Waals surface area contributed by atoms with Crippen LogP contribution in [0.5, 0.6) is 0 Å². The molecule has 1 aromatic carbocycles. The molecule has 0 bridgehead atoms. The minimum absolute atomic E-state index is 0.613. The highest BCUT2D eigenvalue weighted by Gasteiger charge is 2.02. The Hall–Kier alpha value is -0.630. The van der Waals surface area contributed by atoms with Gasteiger partial charge in [-0.05, 0) is 35.8 Å². The largest absolute Gasteiger partial charge is 0.375 e. The average molecular weight is 223 g/mol. The van der Waals surface area contributed by atoms with Crippen molar-refractivity contribution in [3.63, 3.8) is 0 Å². The van der Waals surface area contributed by atoms with Gasteiger partial charge in [0.25, 0.3) is 0 Å². The summed E-state index contributed by atoms with van der Waals surface area (Å²) in [4.78, 5) is 2.28. The molecule has 0 aliphatic rings. The van der Waals surface area contributed by atoms with Crippen LogP contribution in [0.25, 0.3) is 0 Å². The highest BCUT2D eigenvalue weighted by atomic mass is 32.1. The van der Waals surface area contributed by atoms with E-state index in [1.165, 1.54) is 11.3 Å². The third-order valence-electron chi connectivity index (χ3n) is 2.65. The fourth-order valence-corrected chi connectivity index (χ4v) is 1.69. The zero-order chi connectivity index (χ0) is 11.3. The number of hydrogen-bond acceptors (Lipinski definition) is 2. The minimum Gasteiger partial charge on any atom is -0.375 e. The maximum absolute atomic E-state index is 4.22. The van der Waals surface area contributed by atoms with Gasteiger partial charge in [-0.1, -0.05) is 26.0 Å². The zero-order valence-electron chi connectivity index (χ0n) is 9.90. The van der Waals surface area contributed by atoms with E-state index in [-0.39, 0.29) is 0 Å². The molecule has 0 fully saturated rings. The van der Waals surface area contributed by atoms with Gasteiger partial charge in [-0.15, -0.1) is 0 Å². The topological polar surface area (TPSA) is 3.24 Å². The molecule has 0 saturated heterocycles. The van der Waals surface area contributed by atoms with Crippen molar-refractivity contribution in [2.75, 3.05) is 24.2 Å². The maximum Gasteiger partial charge on any atom is 0.0363 e. The summed E-state index contributed by atoms with van der Waals surface area (Å²) in [6, 6.07) is 8.84. The first kappa shape index (κ1) is 12.4. The molecule has 0 aromatic heterocycles. The molecule has 0 spiro atoms. The molecule has 0 atom stereocenters. The fraction of sp³-hybridized carbons (Fsp3) is 0.538. The standard InChI is InChI=1S/C13H21NS/c1-11(2)12-5-7-13(8-6-12)14(3)9-4-10-15/h5-8,11,15H,4,9-10H2,1-3H3. The highest BCUT2D eigenvalue weighted by molar-refractivity contribution is 7.80. The summed E-state index contributed by atoms with van der Waals surface area (Å²) in [6.07, 6.45) is 1.13. The van der Waals surface area contributed by atoms with Crippen molar-refractivity contribution in [2.45, 2.75) is 26.2 Å². The lowest BCUT2D eigenvalue weighted by Crippen LogP contribution is -2.18. The molecule has 0 unspecified atom stereocenters. The molecule has 0 saturated carbocycles. The van der Waals surface area contributed by atoms with Crippen LogP contribution in [0.3, 0.4) is 0 Å². The van der Waals surface area contributed by atoms with Crippen LogP contribution < -0.4 is 4.90 Å². The molecule has 84 valence electrons. The molecule has 0 aliphatic heterocycles. The third-order valence-corrected chi connectivity index (χ3v) is 2.97. The zero-order valence-corrected chi connectivity index (χ0v) is 10.8. The number of nitrogens with zero attached hydrogens (tertiary/aromatic N) is 1. The Morgan fingerprint density at radius 2 is 1.80 bits per heavy atom. The van der Waals surface area contributed by atoms with E-state index >= 15 is 0 Å². The van der Waals surface area contributed by atoms with Crippen molar-refractivity contribution in [3.05, 3.63) is 29.8 Å². The lowest BCUT2D eigenvalue weighted by atomic mass is 10.0. The fourth-order valence-electron chi connectivity index (χ4n) is 1.55. The first-order valence-corrected chi connectivity index (χ1v) is 6.20. The number of thiol groups is 1. The normalized spacial score (nSPS) is 10.7. The summed E-state index contributed by atoms with van der Waals surface area (Å²) in [7, 11) is 2.13. The molecule has 0 amide bonds. The van der Waals surface area contributed by atoms with Crippen LogP contribution in [0.15, 0.2) is 24.3 Å². The molecule has 15 heavy (non-hydrogen) atoms. The monoisotopic (exact) mass is 223 g/mol. The smallest absolute Gasteiger partial charge is 0.0363 e. The van der Waals surface area contributed by atoms with Crippen LogP contribution in [-0.4, -0.2) is 19.3 Å². The van der Waals surface area contributed by atoms with E-state index in [4.69, 9.17) is 0 Å². The summed E-state index contributed by atoms with van der Waals surface area (Å²) in [5.74, 6) is 1.57. The van der Waals surface area contributed by atoms with Crippen LogP contribution in [0, 0.1) is 0 Å². The Morgan fingerprint density at radius 3 is 2.27 bits per heavy atom. The van der Waals surface area contributed by atoms with Gasteiger partial charge in [0.1, 0.15) is 0 Å². The maximum atomic E-state index is 4.22. The van der Waals surface area contributed by atoms with Gasteiger partial charge in [0.15, 0.2) is 0 Å². The van der Waals surface area contributed by atoms with Crippen LogP contribution >= 0.6 is 12.6 Å². The summed E-state index contributed by atoms with van der Waals surface area (Å²) >= 11 is 4.22. The molecule has 2 heteroatoms. The predicted octanol–water partition coefficient (Wildman–Crippen LogP) is 3.57. The number of rotatable bonds is 5. The number of anilines is 1. The second-order valence-electron chi connectivity index (χ2n) is 4.24. The predicted molar refractivity (Wildman–Crippen MR) is 72.3 cm³/mol. The summed E-state index contributed by atoms with van der Waals surface area (Å²) < 4.78 is 0. The van der Waals surface area contributed by atoms with E-state index in [2.05, 4.69) is 62.7 Å². The van der Waals surface area contributed by atoms with Gasteiger partial charge in [0.2, 0.25) is 0 Å². The van der Waals surface area contributed by atoms with E-state index < -0.39 is 0 Å². The summed E-state index contributed by atoms with van der Waals surface area (Å²) in [5, 5.41) is 0. The van der Waals surface area contributed by atoms with Gasteiger partial charge in [-0.2, -0.15) is 12.6 Å². The minimum atomic E-state index is 0.613. The van der Waals surface area contributed by atoms with Crippen LogP contribution in [-0.2, 0) is 0 Å². The first-order chi connectivity index (χ1) is 7.15. The highest BCUT2D eigenvalue weighted by Crippen LogP contribution is 2.19. The molecule has 0 heterocycles. The van der Waals surface area contributed by atoms with E-state index in [9.17, 15) is 0 Å². The second-order valence-corrected chi connectivity index (χ2v) is 4.69. The average Bonchev–Trinajstić information content (AvgIpc) is 2.26. The SMILES string of the molecule is CC(C)c1ccc(N(C)CCCS)cc1. The van der Waals surface area contributed by atoms with Gasteiger partial charge >= 0.3 is 0 Å². The van der Waals surface area contributed by atoms with Crippen molar-refractivity contribution in [1.82, 2.24) is 0 Å². The Bertz CT molecular complexity index is 279.